The second-order valence-electron chi connectivity index (χ2n) is 3.74. The lowest BCUT2D eigenvalue weighted by molar-refractivity contribution is -0.384. The van der Waals surface area contributed by atoms with Crippen LogP contribution < -0.4 is 10.1 Å². The molecule has 2 aromatic rings. The summed E-state index contributed by atoms with van der Waals surface area (Å²) in [5.74, 6) is 0.462. The van der Waals surface area contributed by atoms with E-state index < -0.39 is 4.92 Å². The molecule has 100 valence electrons. The zero-order valence-electron chi connectivity index (χ0n) is 10.1. The zero-order valence-corrected chi connectivity index (χ0v) is 12.5. The van der Waals surface area contributed by atoms with Gasteiger partial charge >= 0.3 is 0 Å². The molecule has 1 heterocycles. The Kier molecular flexibility index (Phi) is 4.39. The fourth-order valence-corrected chi connectivity index (χ4v) is 2.97. The number of nitrogens with zero attached hydrogens (tertiary/aromatic N) is 1. The average molecular weight is 343 g/mol. The monoisotopic (exact) mass is 342 g/mol. The SMILES string of the molecule is COc1cc(NCc2ccc(Br)s2)cc([N+](=O)[O-])c1. The molecule has 7 heteroatoms. The lowest BCUT2D eigenvalue weighted by atomic mass is 10.2. The molecule has 0 spiro atoms. The Labute approximate surface area is 122 Å². The summed E-state index contributed by atoms with van der Waals surface area (Å²) in [7, 11) is 1.49. The van der Waals surface area contributed by atoms with Gasteiger partial charge in [0.2, 0.25) is 0 Å². The minimum absolute atomic E-state index is 0.00853. The fourth-order valence-electron chi connectivity index (χ4n) is 1.54. The van der Waals surface area contributed by atoms with E-state index in [2.05, 4.69) is 21.2 Å². The predicted octanol–water partition coefficient (Wildman–Crippen LogP) is 4.04. The third-order valence-corrected chi connectivity index (χ3v) is 4.06. The molecule has 0 bridgehead atoms. The van der Waals surface area contributed by atoms with Crippen molar-refractivity contribution in [2.24, 2.45) is 0 Å². The number of nitro benzene ring substituents is 1. The first kappa shape index (κ1) is 13.8. The molecule has 0 aliphatic heterocycles. The highest BCUT2D eigenvalue weighted by atomic mass is 79.9. The standard InChI is InChI=1S/C12H11BrN2O3S/c1-18-10-5-8(4-9(6-10)15(16)17)14-7-11-2-3-12(13)19-11/h2-6,14H,7H2,1H3. The molecule has 0 unspecified atom stereocenters. The smallest absolute Gasteiger partial charge is 0.275 e. The van der Waals surface area contributed by atoms with Crippen LogP contribution in [0.4, 0.5) is 11.4 Å². The van der Waals surface area contributed by atoms with Crippen LogP contribution in [0.1, 0.15) is 4.88 Å². The number of hydrogen-bond acceptors (Lipinski definition) is 5. The minimum Gasteiger partial charge on any atom is -0.496 e. The van der Waals surface area contributed by atoms with E-state index in [0.717, 1.165) is 8.66 Å². The second kappa shape index (κ2) is 6.03. The summed E-state index contributed by atoms with van der Waals surface area (Å²) >= 11 is 5.01. The first-order chi connectivity index (χ1) is 9.08. The van der Waals surface area contributed by atoms with Crippen molar-refractivity contribution in [1.82, 2.24) is 0 Å². The van der Waals surface area contributed by atoms with E-state index in [1.54, 1.807) is 17.4 Å². The van der Waals surface area contributed by atoms with Crippen LogP contribution in [0, 0.1) is 10.1 Å². The van der Waals surface area contributed by atoms with Gasteiger partial charge in [-0.1, -0.05) is 0 Å². The molecule has 0 aliphatic carbocycles. The maximum absolute atomic E-state index is 10.8. The Hall–Kier alpha value is -1.60. The van der Waals surface area contributed by atoms with Gasteiger partial charge in [0.15, 0.2) is 0 Å². The molecule has 1 N–H and O–H groups in total. The van der Waals surface area contributed by atoms with Crippen LogP contribution in [0.2, 0.25) is 0 Å². The molecule has 0 atom stereocenters. The summed E-state index contributed by atoms with van der Waals surface area (Å²) in [5.41, 5.74) is 0.671. The van der Waals surface area contributed by atoms with Gasteiger partial charge in [-0.3, -0.25) is 10.1 Å². The van der Waals surface area contributed by atoms with Crippen LogP contribution in [-0.2, 0) is 6.54 Å². The summed E-state index contributed by atoms with van der Waals surface area (Å²) in [4.78, 5) is 11.5. The molecule has 1 aromatic heterocycles. The van der Waals surface area contributed by atoms with Gasteiger partial charge < -0.3 is 10.1 Å². The van der Waals surface area contributed by atoms with Crippen LogP contribution in [-0.4, -0.2) is 12.0 Å². The summed E-state index contributed by atoms with van der Waals surface area (Å²) in [6, 6.07) is 8.58. The largest absolute Gasteiger partial charge is 0.496 e. The summed E-state index contributed by atoms with van der Waals surface area (Å²) in [5, 5.41) is 14.0. The van der Waals surface area contributed by atoms with Crippen molar-refractivity contribution >= 4 is 38.6 Å². The molecule has 0 aliphatic rings. The number of halogens is 1. The van der Waals surface area contributed by atoms with Crippen molar-refractivity contribution in [3.8, 4) is 5.75 Å². The highest BCUT2D eigenvalue weighted by Crippen LogP contribution is 2.27. The van der Waals surface area contributed by atoms with Crippen molar-refractivity contribution in [3.05, 3.63) is 49.1 Å². The molecule has 0 fully saturated rings. The van der Waals surface area contributed by atoms with Gasteiger partial charge in [0.05, 0.1) is 21.9 Å². The number of ether oxygens (including phenoxy) is 1. The lowest BCUT2D eigenvalue weighted by Gasteiger charge is -2.07. The van der Waals surface area contributed by atoms with E-state index in [9.17, 15) is 10.1 Å². The van der Waals surface area contributed by atoms with Gasteiger partial charge in [-0.2, -0.15) is 0 Å². The van der Waals surface area contributed by atoms with Gasteiger partial charge in [-0.25, -0.2) is 0 Å². The van der Waals surface area contributed by atoms with Crippen LogP contribution in [0.25, 0.3) is 0 Å². The van der Waals surface area contributed by atoms with Gasteiger partial charge in [0.1, 0.15) is 5.75 Å². The zero-order chi connectivity index (χ0) is 13.8. The maximum atomic E-state index is 10.8. The highest BCUT2D eigenvalue weighted by Gasteiger charge is 2.10. The molecule has 2 rings (SSSR count). The quantitative estimate of drug-likeness (QED) is 0.657. The Balaban J connectivity index is 2.15. The number of rotatable bonds is 5. The molecule has 0 amide bonds. The summed E-state index contributed by atoms with van der Waals surface area (Å²) in [6.45, 7) is 0.612. The lowest BCUT2D eigenvalue weighted by Crippen LogP contribution is -1.99. The van der Waals surface area contributed by atoms with E-state index in [1.165, 1.54) is 19.2 Å². The highest BCUT2D eigenvalue weighted by molar-refractivity contribution is 9.11. The Morgan fingerprint density at radius 2 is 2.21 bits per heavy atom. The van der Waals surface area contributed by atoms with Crippen molar-refractivity contribution in [2.75, 3.05) is 12.4 Å². The molecule has 0 saturated carbocycles. The molecule has 0 saturated heterocycles. The number of nitro groups is 1. The number of methoxy groups -OCH3 is 1. The van der Waals surface area contributed by atoms with E-state index in [1.807, 2.05) is 12.1 Å². The van der Waals surface area contributed by atoms with Gasteiger partial charge in [0.25, 0.3) is 5.69 Å². The van der Waals surface area contributed by atoms with Crippen LogP contribution in [0.5, 0.6) is 5.75 Å². The molecule has 5 nitrogen and oxygen atoms in total. The van der Waals surface area contributed by atoms with Crippen molar-refractivity contribution < 1.29 is 9.66 Å². The van der Waals surface area contributed by atoms with E-state index in [4.69, 9.17) is 4.74 Å². The number of thiophene rings is 1. The van der Waals surface area contributed by atoms with E-state index >= 15 is 0 Å². The molecule has 0 radical (unpaired) electrons. The molecule has 19 heavy (non-hydrogen) atoms. The number of hydrogen-bond donors (Lipinski definition) is 1. The summed E-state index contributed by atoms with van der Waals surface area (Å²) in [6.07, 6.45) is 0. The Bertz CT molecular complexity index is 600. The van der Waals surface area contributed by atoms with Crippen LogP contribution >= 0.6 is 27.3 Å². The molecular formula is C12H11BrN2O3S. The minimum atomic E-state index is -0.435. The Morgan fingerprint density at radius 3 is 2.79 bits per heavy atom. The number of benzene rings is 1. The van der Waals surface area contributed by atoms with Crippen LogP contribution in [0.15, 0.2) is 34.1 Å². The maximum Gasteiger partial charge on any atom is 0.275 e. The first-order valence-electron chi connectivity index (χ1n) is 5.40. The number of anilines is 1. The van der Waals surface area contributed by atoms with Crippen molar-refractivity contribution in [1.29, 1.82) is 0 Å². The summed E-state index contributed by atoms with van der Waals surface area (Å²) < 4.78 is 6.11. The predicted molar refractivity (Wildman–Crippen MR) is 79.0 cm³/mol. The van der Waals surface area contributed by atoms with E-state index in [-0.39, 0.29) is 5.69 Å². The van der Waals surface area contributed by atoms with E-state index in [0.29, 0.717) is 18.0 Å². The Morgan fingerprint density at radius 1 is 1.42 bits per heavy atom. The average Bonchev–Trinajstić information content (AvgIpc) is 2.81. The van der Waals surface area contributed by atoms with Crippen molar-refractivity contribution in [3.63, 3.8) is 0 Å². The van der Waals surface area contributed by atoms with Gasteiger partial charge in [0, 0.05) is 29.2 Å². The van der Waals surface area contributed by atoms with Crippen LogP contribution in [0.3, 0.4) is 0 Å². The second-order valence-corrected chi connectivity index (χ2v) is 6.28. The van der Waals surface area contributed by atoms with Gasteiger partial charge in [-0.05, 0) is 28.1 Å². The third kappa shape index (κ3) is 3.68. The third-order valence-electron chi connectivity index (χ3n) is 2.43. The normalized spacial score (nSPS) is 10.2. The molecule has 1 aromatic carbocycles. The number of nitrogens with one attached hydrogen (secondary N) is 1. The van der Waals surface area contributed by atoms with Gasteiger partial charge in [-0.15, -0.1) is 11.3 Å². The molecular weight excluding hydrogens is 332 g/mol. The first-order valence-corrected chi connectivity index (χ1v) is 7.01. The number of non-ortho nitro benzene ring substituents is 1. The topological polar surface area (TPSA) is 64.4 Å². The fraction of sp³-hybridized carbons (Fsp3) is 0.167. The van der Waals surface area contributed by atoms with Crippen molar-refractivity contribution in [2.45, 2.75) is 6.54 Å².